The lowest BCUT2D eigenvalue weighted by Gasteiger charge is -2.20. The lowest BCUT2D eigenvalue weighted by Crippen LogP contribution is -2.46. The average molecular weight is 391 g/mol. The smallest absolute Gasteiger partial charge is 0.409 e. The zero-order chi connectivity index (χ0) is 20.5. The van der Waals surface area contributed by atoms with Crippen LogP contribution in [0, 0.1) is 11.3 Å². The molecule has 1 aliphatic carbocycles. The molecule has 1 aromatic heterocycles. The zero-order valence-electron chi connectivity index (χ0n) is 14.0. The minimum atomic E-state index is -4.93. The second-order valence-electron chi connectivity index (χ2n) is 5.83. The van der Waals surface area contributed by atoms with E-state index in [9.17, 15) is 22.8 Å². The first kappa shape index (κ1) is 19.0. The highest BCUT2D eigenvalue weighted by Gasteiger charge is 2.42. The molecule has 0 fully saturated rings. The largest absolute Gasteiger partial charge is 0.465 e. The third-order valence-electron chi connectivity index (χ3n) is 3.91. The van der Waals surface area contributed by atoms with Gasteiger partial charge >= 0.3 is 12.3 Å². The maximum atomic E-state index is 12.9. The van der Waals surface area contributed by atoms with Crippen LogP contribution < -0.4 is 10.6 Å². The van der Waals surface area contributed by atoms with Crippen LogP contribution in [-0.4, -0.2) is 38.9 Å². The fourth-order valence-electron chi connectivity index (χ4n) is 2.58. The van der Waals surface area contributed by atoms with Crippen molar-refractivity contribution in [1.82, 2.24) is 14.9 Å². The van der Waals surface area contributed by atoms with Gasteiger partial charge in [0.1, 0.15) is 6.04 Å². The Bertz CT molecular complexity index is 1060. The molecule has 3 N–H and O–H groups in total. The molecule has 0 bridgehead atoms. The van der Waals surface area contributed by atoms with E-state index in [1.165, 1.54) is 22.0 Å². The van der Waals surface area contributed by atoms with E-state index in [2.05, 4.69) is 10.3 Å². The molecule has 1 aliphatic rings. The molecule has 8 nitrogen and oxygen atoms in total. The van der Waals surface area contributed by atoms with E-state index in [0.29, 0.717) is 22.3 Å². The molecule has 144 valence electrons. The predicted octanol–water partition coefficient (Wildman–Crippen LogP) is 2.85. The van der Waals surface area contributed by atoms with Crippen molar-refractivity contribution in [3.05, 3.63) is 42.0 Å². The molecule has 2 amide bonds. The quantitative estimate of drug-likeness (QED) is 0.724. The molecule has 0 saturated carbocycles. The van der Waals surface area contributed by atoms with Crippen molar-refractivity contribution >= 4 is 34.7 Å². The number of carboxylic acid groups (broad SMARTS) is 1. The van der Waals surface area contributed by atoms with Gasteiger partial charge in [0, 0.05) is 5.70 Å². The fraction of sp³-hybridized carbons (Fsp3) is 0.176. The van der Waals surface area contributed by atoms with Crippen LogP contribution in [0.3, 0.4) is 0 Å². The van der Waals surface area contributed by atoms with E-state index in [1.54, 1.807) is 24.3 Å². The van der Waals surface area contributed by atoms with E-state index < -0.39 is 30.6 Å². The highest BCUT2D eigenvalue weighted by Crippen LogP contribution is 2.29. The second kappa shape index (κ2) is 7.07. The summed E-state index contributed by atoms with van der Waals surface area (Å²) in [5.74, 6) is -1.11. The van der Waals surface area contributed by atoms with Crippen molar-refractivity contribution in [1.29, 1.82) is 5.26 Å². The molecule has 0 saturated heterocycles. The Balaban J connectivity index is 1.90. The Hall–Kier alpha value is -3.81. The van der Waals surface area contributed by atoms with Gasteiger partial charge in [0.15, 0.2) is 0 Å². The van der Waals surface area contributed by atoms with E-state index in [1.807, 2.05) is 6.07 Å². The number of anilines is 1. The SMILES string of the molecule is N#Cc1ccc2nc(NC(=O)CC(NC(=O)O)C(F)(F)F)n(C3=CC=C3)c2c1. The number of allylic oxidation sites excluding steroid dienone is 4. The topological polar surface area (TPSA) is 120 Å². The van der Waals surface area contributed by atoms with Gasteiger partial charge in [-0.25, -0.2) is 9.78 Å². The van der Waals surface area contributed by atoms with Gasteiger partial charge in [-0.2, -0.15) is 18.4 Å². The number of imidazole rings is 1. The van der Waals surface area contributed by atoms with Crippen LogP contribution in [-0.2, 0) is 4.79 Å². The van der Waals surface area contributed by atoms with Gasteiger partial charge in [-0.05, 0) is 30.4 Å². The Morgan fingerprint density at radius 1 is 1.36 bits per heavy atom. The summed E-state index contributed by atoms with van der Waals surface area (Å²) >= 11 is 0. The number of rotatable bonds is 5. The standard InChI is InChI=1S/C17H12F3N5O3/c18-17(19,20)13(23-16(27)28)7-14(26)24-15-22-11-5-4-9(8-21)6-12(11)25(15)10-2-1-3-10/h1-6,13,23H,7H2,(H,27,28)(H,22,24,26). The summed E-state index contributed by atoms with van der Waals surface area (Å²) in [6, 6.07) is 4.02. The number of benzene rings is 1. The maximum absolute atomic E-state index is 12.9. The predicted molar refractivity (Wildman–Crippen MR) is 92.1 cm³/mol. The number of halogens is 3. The number of carbonyl (C=O) groups excluding carboxylic acids is 1. The number of fused-ring (bicyclic) bond motifs is 1. The summed E-state index contributed by atoms with van der Waals surface area (Å²) in [6.45, 7) is 0. The number of nitrogens with zero attached hydrogens (tertiary/aromatic N) is 3. The second-order valence-corrected chi connectivity index (χ2v) is 5.83. The maximum Gasteiger partial charge on any atom is 0.409 e. The van der Waals surface area contributed by atoms with Crippen molar-refractivity contribution in [3.63, 3.8) is 0 Å². The zero-order valence-corrected chi connectivity index (χ0v) is 14.0. The molecule has 0 spiro atoms. The lowest BCUT2D eigenvalue weighted by atomic mass is 10.2. The molecule has 28 heavy (non-hydrogen) atoms. The van der Waals surface area contributed by atoms with Gasteiger partial charge < -0.3 is 10.4 Å². The van der Waals surface area contributed by atoms with Crippen LogP contribution in [0.4, 0.5) is 23.9 Å². The van der Waals surface area contributed by atoms with Crippen molar-refractivity contribution < 1.29 is 27.9 Å². The number of aromatic nitrogens is 2. The van der Waals surface area contributed by atoms with Crippen LogP contribution in [0.5, 0.6) is 0 Å². The Labute approximate surface area is 155 Å². The van der Waals surface area contributed by atoms with E-state index in [0.717, 1.165) is 0 Å². The number of amides is 2. The number of nitriles is 1. The van der Waals surface area contributed by atoms with Gasteiger partial charge in [-0.15, -0.1) is 0 Å². The molecular formula is C17H12F3N5O3. The summed E-state index contributed by atoms with van der Waals surface area (Å²) in [4.78, 5) is 26.9. The van der Waals surface area contributed by atoms with Gasteiger partial charge in [0.25, 0.3) is 0 Å². The number of carbonyl (C=O) groups is 2. The van der Waals surface area contributed by atoms with Gasteiger partial charge in [-0.3, -0.25) is 14.7 Å². The molecule has 3 rings (SSSR count). The molecule has 0 aliphatic heterocycles. The first-order valence-electron chi connectivity index (χ1n) is 7.86. The number of hydrogen-bond acceptors (Lipinski definition) is 4. The summed E-state index contributed by atoms with van der Waals surface area (Å²) in [7, 11) is 0. The molecule has 1 heterocycles. The molecular weight excluding hydrogens is 379 g/mol. The van der Waals surface area contributed by atoms with Gasteiger partial charge in [-0.1, -0.05) is 6.08 Å². The summed E-state index contributed by atoms with van der Waals surface area (Å²) in [6.07, 6.45) is -2.87. The van der Waals surface area contributed by atoms with Crippen LogP contribution in [0.15, 0.2) is 36.4 Å². The highest BCUT2D eigenvalue weighted by atomic mass is 19.4. The summed E-state index contributed by atoms with van der Waals surface area (Å²) in [5, 5.41) is 21.2. The first-order valence-corrected chi connectivity index (χ1v) is 7.86. The molecule has 2 aromatic rings. The lowest BCUT2D eigenvalue weighted by molar-refractivity contribution is -0.158. The van der Waals surface area contributed by atoms with Crippen molar-refractivity contribution in [2.75, 3.05) is 5.32 Å². The minimum Gasteiger partial charge on any atom is -0.465 e. The molecule has 11 heteroatoms. The molecule has 1 unspecified atom stereocenters. The third-order valence-corrected chi connectivity index (χ3v) is 3.91. The van der Waals surface area contributed by atoms with Gasteiger partial charge in [0.05, 0.1) is 29.1 Å². The van der Waals surface area contributed by atoms with Crippen LogP contribution in [0.25, 0.3) is 16.7 Å². The van der Waals surface area contributed by atoms with E-state index in [4.69, 9.17) is 10.4 Å². The van der Waals surface area contributed by atoms with Crippen molar-refractivity contribution in [2.24, 2.45) is 0 Å². The molecule has 1 aromatic carbocycles. The minimum absolute atomic E-state index is 0.0399. The Morgan fingerprint density at radius 3 is 2.61 bits per heavy atom. The van der Waals surface area contributed by atoms with E-state index in [-0.39, 0.29) is 5.95 Å². The third kappa shape index (κ3) is 3.80. The molecule has 0 radical (unpaired) electrons. The van der Waals surface area contributed by atoms with Gasteiger partial charge in [0.2, 0.25) is 11.9 Å². The van der Waals surface area contributed by atoms with Crippen molar-refractivity contribution in [2.45, 2.75) is 18.6 Å². The van der Waals surface area contributed by atoms with Crippen LogP contribution in [0.1, 0.15) is 12.0 Å². The molecule has 1 atom stereocenters. The number of nitrogens with one attached hydrogen (secondary N) is 2. The monoisotopic (exact) mass is 391 g/mol. The van der Waals surface area contributed by atoms with E-state index >= 15 is 0 Å². The summed E-state index contributed by atoms with van der Waals surface area (Å²) < 4.78 is 40.3. The Morgan fingerprint density at radius 2 is 2.07 bits per heavy atom. The average Bonchev–Trinajstić information content (AvgIpc) is 2.88. The highest BCUT2D eigenvalue weighted by molar-refractivity contribution is 5.95. The Kier molecular flexibility index (Phi) is 4.79. The first-order chi connectivity index (χ1) is 13.2. The van der Waals surface area contributed by atoms with Crippen LogP contribution >= 0.6 is 0 Å². The number of hydrogen-bond donors (Lipinski definition) is 3. The number of alkyl halides is 3. The van der Waals surface area contributed by atoms with Crippen molar-refractivity contribution in [3.8, 4) is 6.07 Å². The fourth-order valence-corrected chi connectivity index (χ4v) is 2.58. The van der Waals surface area contributed by atoms with Crippen LogP contribution in [0.2, 0.25) is 0 Å². The normalized spacial score (nSPS) is 14.0. The summed E-state index contributed by atoms with van der Waals surface area (Å²) in [5.41, 5.74) is 1.87.